The van der Waals surface area contributed by atoms with Crippen molar-refractivity contribution in [1.82, 2.24) is 0 Å². The molecule has 0 aliphatic carbocycles. The van der Waals surface area contributed by atoms with E-state index in [2.05, 4.69) is 21.2 Å². The van der Waals surface area contributed by atoms with Crippen molar-refractivity contribution < 1.29 is 12.8 Å². The number of anilines is 1. The molecule has 1 aromatic carbocycles. The smallest absolute Gasteiger partial charge is 0.152 e. The van der Waals surface area contributed by atoms with Crippen LogP contribution in [0.25, 0.3) is 0 Å². The van der Waals surface area contributed by atoms with Crippen LogP contribution in [0.15, 0.2) is 22.7 Å². The molecule has 1 aliphatic rings. The van der Waals surface area contributed by atoms with Crippen LogP contribution >= 0.6 is 15.9 Å². The van der Waals surface area contributed by atoms with Gasteiger partial charge in [-0.1, -0.05) is 15.9 Å². The molecule has 94 valence electrons. The number of nitrogens with one attached hydrogen (secondary N) is 1. The Morgan fingerprint density at radius 1 is 1.41 bits per heavy atom. The molecule has 1 fully saturated rings. The summed E-state index contributed by atoms with van der Waals surface area (Å²) in [7, 11) is -2.97. The Morgan fingerprint density at radius 2 is 2.18 bits per heavy atom. The monoisotopic (exact) mass is 321 g/mol. The Morgan fingerprint density at radius 3 is 2.82 bits per heavy atom. The van der Waals surface area contributed by atoms with Gasteiger partial charge in [0.2, 0.25) is 0 Å². The van der Waals surface area contributed by atoms with Crippen molar-refractivity contribution in [3.63, 3.8) is 0 Å². The minimum Gasteiger partial charge on any atom is -0.379 e. The summed E-state index contributed by atoms with van der Waals surface area (Å²) >= 11 is 3.18. The number of sulfone groups is 1. The molecule has 1 N–H and O–H groups in total. The molecule has 1 heterocycles. The van der Waals surface area contributed by atoms with Crippen molar-refractivity contribution in [1.29, 1.82) is 0 Å². The molecule has 1 saturated heterocycles. The molecule has 1 atom stereocenters. The lowest BCUT2D eigenvalue weighted by Crippen LogP contribution is -2.35. The average Bonchev–Trinajstić information content (AvgIpc) is 2.21. The Labute approximate surface area is 108 Å². The van der Waals surface area contributed by atoms with E-state index >= 15 is 0 Å². The first kappa shape index (κ1) is 12.8. The van der Waals surface area contributed by atoms with Crippen molar-refractivity contribution in [3.05, 3.63) is 28.5 Å². The standard InChI is InChI=1S/C11H13BrFNO2S/c12-8-3-4-11(10(13)6-8)14-9-2-1-5-17(15,16)7-9/h3-4,6,9,14H,1-2,5,7H2. The summed E-state index contributed by atoms with van der Waals surface area (Å²) in [4.78, 5) is 0. The third kappa shape index (κ3) is 3.42. The first-order chi connectivity index (χ1) is 7.96. The Balaban J connectivity index is 2.10. The minimum atomic E-state index is -2.97. The number of hydrogen-bond donors (Lipinski definition) is 1. The summed E-state index contributed by atoms with van der Waals surface area (Å²) in [5.41, 5.74) is 0.357. The van der Waals surface area contributed by atoms with Gasteiger partial charge in [0.25, 0.3) is 0 Å². The van der Waals surface area contributed by atoms with E-state index in [1.807, 2.05) is 0 Å². The predicted molar refractivity (Wildman–Crippen MR) is 69.4 cm³/mol. The summed E-state index contributed by atoms with van der Waals surface area (Å²) in [6, 6.07) is 4.51. The van der Waals surface area contributed by atoms with Crippen LogP contribution in [0.1, 0.15) is 12.8 Å². The molecule has 0 bridgehead atoms. The van der Waals surface area contributed by atoms with Crippen LogP contribution in [-0.4, -0.2) is 26.0 Å². The van der Waals surface area contributed by atoms with Crippen molar-refractivity contribution in [2.24, 2.45) is 0 Å². The van der Waals surface area contributed by atoms with E-state index in [1.165, 1.54) is 6.07 Å². The zero-order valence-corrected chi connectivity index (χ0v) is 11.5. The lowest BCUT2D eigenvalue weighted by atomic mass is 10.1. The summed E-state index contributed by atoms with van der Waals surface area (Å²) in [6.45, 7) is 0. The second-order valence-corrected chi connectivity index (χ2v) is 7.37. The molecule has 0 amide bonds. The quantitative estimate of drug-likeness (QED) is 0.910. The summed E-state index contributed by atoms with van der Waals surface area (Å²) in [6.07, 6.45) is 1.40. The maximum Gasteiger partial charge on any atom is 0.152 e. The zero-order chi connectivity index (χ0) is 12.5. The van der Waals surface area contributed by atoms with Crippen molar-refractivity contribution >= 4 is 31.5 Å². The molecule has 1 aliphatic heterocycles. The molecule has 0 aromatic heterocycles. The predicted octanol–water partition coefficient (Wildman–Crippen LogP) is 2.58. The SMILES string of the molecule is O=S1(=O)CCCC(Nc2ccc(Br)cc2F)C1. The lowest BCUT2D eigenvalue weighted by molar-refractivity contribution is 0.559. The van der Waals surface area contributed by atoms with Crippen LogP contribution in [0.4, 0.5) is 10.1 Å². The van der Waals surface area contributed by atoms with Gasteiger partial charge >= 0.3 is 0 Å². The fourth-order valence-corrected chi connectivity index (χ4v) is 3.93. The van der Waals surface area contributed by atoms with E-state index in [0.29, 0.717) is 16.6 Å². The van der Waals surface area contributed by atoms with E-state index < -0.39 is 9.84 Å². The molecule has 2 rings (SSSR count). The van der Waals surface area contributed by atoms with E-state index in [1.54, 1.807) is 12.1 Å². The van der Waals surface area contributed by atoms with Crippen molar-refractivity contribution in [2.45, 2.75) is 18.9 Å². The molecular formula is C11H13BrFNO2S. The van der Waals surface area contributed by atoms with Gasteiger partial charge in [-0.3, -0.25) is 0 Å². The second-order valence-electron chi connectivity index (χ2n) is 4.22. The number of hydrogen-bond acceptors (Lipinski definition) is 3. The molecule has 3 nitrogen and oxygen atoms in total. The number of halogens is 2. The maximum absolute atomic E-state index is 13.6. The largest absolute Gasteiger partial charge is 0.379 e. The third-order valence-electron chi connectivity index (χ3n) is 2.75. The van der Waals surface area contributed by atoms with Crippen LogP contribution in [0.3, 0.4) is 0 Å². The van der Waals surface area contributed by atoms with Gasteiger partial charge in [-0.05, 0) is 31.0 Å². The van der Waals surface area contributed by atoms with Gasteiger partial charge in [0.05, 0.1) is 17.2 Å². The fraction of sp³-hybridized carbons (Fsp3) is 0.455. The molecule has 1 unspecified atom stereocenters. The van der Waals surface area contributed by atoms with Crippen LogP contribution in [0, 0.1) is 5.82 Å². The Hall–Kier alpha value is -0.620. The minimum absolute atomic E-state index is 0.0858. The molecule has 0 saturated carbocycles. The maximum atomic E-state index is 13.6. The molecule has 0 radical (unpaired) electrons. The highest BCUT2D eigenvalue weighted by Crippen LogP contribution is 2.22. The first-order valence-electron chi connectivity index (χ1n) is 5.38. The highest BCUT2D eigenvalue weighted by molar-refractivity contribution is 9.10. The van der Waals surface area contributed by atoms with E-state index in [9.17, 15) is 12.8 Å². The van der Waals surface area contributed by atoms with Gasteiger partial charge in [0, 0.05) is 10.5 Å². The molecular weight excluding hydrogens is 309 g/mol. The average molecular weight is 322 g/mol. The second kappa shape index (κ2) is 4.94. The summed E-state index contributed by atoms with van der Waals surface area (Å²) < 4.78 is 37.1. The third-order valence-corrected chi connectivity index (χ3v) is 5.07. The van der Waals surface area contributed by atoms with Crippen molar-refractivity contribution in [3.8, 4) is 0 Å². The van der Waals surface area contributed by atoms with E-state index in [-0.39, 0.29) is 23.4 Å². The van der Waals surface area contributed by atoms with Gasteiger partial charge in [0.1, 0.15) is 5.82 Å². The fourth-order valence-electron chi connectivity index (χ4n) is 1.96. The van der Waals surface area contributed by atoms with Crippen LogP contribution in [0.2, 0.25) is 0 Å². The van der Waals surface area contributed by atoms with E-state index in [4.69, 9.17) is 0 Å². The zero-order valence-electron chi connectivity index (χ0n) is 9.12. The van der Waals surface area contributed by atoms with Crippen LogP contribution < -0.4 is 5.32 Å². The van der Waals surface area contributed by atoms with Crippen LogP contribution in [-0.2, 0) is 9.84 Å². The van der Waals surface area contributed by atoms with Gasteiger partial charge in [-0.2, -0.15) is 0 Å². The normalized spacial score (nSPS) is 23.3. The first-order valence-corrected chi connectivity index (χ1v) is 8.00. The van der Waals surface area contributed by atoms with Crippen LogP contribution in [0.5, 0.6) is 0 Å². The molecule has 6 heteroatoms. The molecule has 1 aromatic rings. The topological polar surface area (TPSA) is 46.2 Å². The number of rotatable bonds is 2. The van der Waals surface area contributed by atoms with Gasteiger partial charge in [0.15, 0.2) is 9.84 Å². The summed E-state index contributed by atoms with van der Waals surface area (Å²) in [5.74, 6) is -0.0430. The molecule has 0 spiro atoms. The van der Waals surface area contributed by atoms with E-state index in [0.717, 1.165) is 6.42 Å². The van der Waals surface area contributed by atoms with Gasteiger partial charge in [-0.25, -0.2) is 12.8 Å². The Bertz CT molecular complexity index is 518. The lowest BCUT2D eigenvalue weighted by Gasteiger charge is -2.24. The number of benzene rings is 1. The van der Waals surface area contributed by atoms with Gasteiger partial charge < -0.3 is 5.32 Å². The molecule has 17 heavy (non-hydrogen) atoms. The van der Waals surface area contributed by atoms with Crippen molar-refractivity contribution in [2.75, 3.05) is 16.8 Å². The Kier molecular flexibility index (Phi) is 3.73. The highest BCUT2D eigenvalue weighted by Gasteiger charge is 2.25. The summed E-state index contributed by atoms with van der Waals surface area (Å²) in [5, 5.41) is 2.96. The highest BCUT2D eigenvalue weighted by atomic mass is 79.9. The van der Waals surface area contributed by atoms with Gasteiger partial charge in [-0.15, -0.1) is 0 Å².